The summed E-state index contributed by atoms with van der Waals surface area (Å²) in [5.74, 6) is -0.537. The Hall–Kier alpha value is -2.83. The Morgan fingerprint density at radius 1 is 0.862 bits per heavy atom. The first-order valence-electron chi connectivity index (χ1n) is 10.4. The molecule has 2 amide bonds. The summed E-state index contributed by atoms with van der Waals surface area (Å²) < 4.78 is 0. The minimum atomic E-state index is -0.766. The maximum atomic E-state index is 12.7. The third-order valence-electron chi connectivity index (χ3n) is 5.53. The van der Waals surface area contributed by atoms with Crippen LogP contribution in [0.15, 0.2) is 30.5 Å². The van der Waals surface area contributed by atoms with Crippen molar-refractivity contribution >= 4 is 28.7 Å². The number of carbonyl (C=O) groups excluding carboxylic acids is 2. The van der Waals surface area contributed by atoms with Crippen molar-refractivity contribution in [3.05, 3.63) is 36.0 Å². The zero-order valence-electron chi connectivity index (χ0n) is 16.7. The highest BCUT2D eigenvalue weighted by Gasteiger charge is 2.24. The van der Waals surface area contributed by atoms with Crippen LogP contribution >= 0.6 is 0 Å². The maximum Gasteiger partial charge on any atom is 0.303 e. The van der Waals surface area contributed by atoms with Crippen LogP contribution < -0.4 is 0 Å². The second kappa shape index (κ2) is 10.1. The normalized spacial score (nSPS) is 14.3. The van der Waals surface area contributed by atoms with Crippen molar-refractivity contribution in [1.29, 1.82) is 0 Å². The van der Waals surface area contributed by atoms with E-state index in [1.54, 1.807) is 0 Å². The molecule has 156 valence electrons. The summed E-state index contributed by atoms with van der Waals surface area (Å²) in [4.78, 5) is 42.4. The lowest BCUT2D eigenvalue weighted by Gasteiger charge is -2.35. The maximum absolute atomic E-state index is 12.7. The number of nitrogens with one attached hydrogen (secondary N) is 1. The van der Waals surface area contributed by atoms with Crippen molar-refractivity contribution in [2.24, 2.45) is 0 Å². The average Bonchev–Trinajstić information content (AvgIpc) is 3.13. The van der Waals surface area contributed by atoms with Gasteiger partial charge in [0.25, 0.3) is 0 Å². The lowest BCUT2D eigenvalue weighted by atomic mass is 10.1. The molecule has 1 aliphatic heterocycles. The molecule has 2 N–H and O–H groups in total. The number of amides is 2. The lowest BCUT2D eigenvalue weighted by Crippen LogP contribution is -2.50. The minimum Gasteiger partial charge on any atom is -0.481 e. The van der Waals surface area contributed by atoms with Crippen molar-refractivity contribution in [1.82, 2.24) is 14.8 Å². The number of unbranched alkanes of at least 4 members (excludes halogenated alkanes) is 3. The number of hydrogen-bond acceptors (Lipinski definition) is 3. The van der Waals surface area contributed by atoms with Crippen LogP contribution in [0.1, 0.15) is 44.1 Å². The number of hydrogen-bond donors (Lipinski definition) is 2. The van der Waals surface area contributed by atoms with Gasteiger partial charge in [-0.2, -0.15) is 0 Å². The van der Waals surface area contributed by atoms with E-state index in [0.717, 1.165) is 35.7 Å². The van der Waals surface area contributed by atoms with Crippen molar-refractivity contribution < 1.29 is 19.5 Å². The summed E-state index contributed by atoms with van der Waals surface area (Å²) in [6.45, 7) is 2.31. The Balaban J connectivity index is 1.38. The fourth-order valence-corrected chi connectivity index (χ4v) is 3.82. The molecule has 1 aromatic heterocycles. The first-order chi connectivity index (χ1) is 14.0. The number of aromatic amines is 1. The second-order valence-corrected chi connectivity index (χ2v) is 7.61. The summed E-state index contributed by atoms with van der Waals surface area (Å²) in [5.41, 5.74) is 2.04. The fourth-order valence-electron chi connectivity index (χ4n) is 3.82. The molecule has 0 radical (unpaired) electrons. The molecule has 29 heavy (non-hydrogen) atoms. The van der Waals surface area contributed by atoms with Crippen LogP contribution in [0.5, 0.6) is 0 Å². The van der Waals surface area contributed by atoms with Crippen molar-refractivity contribution in [3.8, 4) is 0 Å². The number of carboxylic acid groups (broad SMARTS) is 1. The number of H-pyrrole nitrogens is 1. The smallest absolute Gasteiger partial charge is 0.303 e. The van der Waals surface area contributed by atoms with E-state index in [1.807, 2.05) is 40.3 Å². The molecule has 3 rings (SSSR count). The van der Waals surface area contributed by atoms with E-state index in [0.29, 0.717) is 45.4 Å². The number of fused-ring (bicyclic) bond motifs is 1. The van der Waals surface area contributed by atoms with Gasteiger partial charge in [-0.05, 0) is 24.5 Å². The predicted molar refractivity (Wildman–Crippen MR) is 111 cm³/mol. The van der Waals surface area contributed by atoms with E-state index < -0.39 is 5.97 Å². The van der Waals surface area contributed by atoms with Crippen LogP contribution in [-0.2, 0) is 20.8 Å². The third-order valence-corrected chi connectivity index (χ3v) is 5.53. The molecule has 0 unspecified atom stereocenters. The van der Waals surface area contributed by atoms with E-state index >= 15 is 0 Å². The quantitative estimate of drug-likeness (QED) is 0.634. The number of piperazine rings is 1. The van der Waals surface area contributed by atoms with E-state index in [2.05, 4.69) is 4.98 Å². The molecule has 0 aliphatic carbocycles. The molecule has 2 aromatic rings. The molecule has 1 aromatic carbocycles. The Bertz CT molecular complexity index is 853. The summed E-state index contributed by atoms with van der Waals surface area (Å²) in [5, 5.41) is 9.70. The van der Waals surface area contributed by atoms with Crippen LogP contribution in [0, 0.1) is 0 Å². The van der Waals surface area contributed by atoms with E-state index in [4.69, 9.17) is 5.11 Å². The molecule has 0 saturated carbocycles. The number of aromatic nitrogens is 1. The lowest BCUT2D eigenvalue weighted by molar-refractivity contribution is -0.139. The zero-order chi connectivity index (χ0) is 20.6. The number of carbonyl (C=O) groups is 3. The molecule has 7 heteroatoms. The largest absolute Gasteiger partial charge is 0.481 e. The fraction of sp³-hybridized carbons (Fsp3) is 0.500. The second-order valence-electron chi connectivity index (χ2n) is 7.61. The van der Waals surface area contributed by atoms with E-state index in [-0.39, 0.29) is 18.2 Å². The number of aliphatic carboxylic acids is 1. The number of benzene rings is 1. The zero-order valence-corrected chi connectivity index (χ0v) is 16.7. The van der Waals surface area contributed by atoms with Gasteiger partial charge in [0.2, 0.25) is 11.8 Å². The van der Waals surface area contributed by atoms with Crippen LogP contribution in [0.2, 0.25) is 0 Å². The molecule has 0 bridgehead atoms. The number of rotatable bonds is 9. The van der Waals surface area contributed by atoms with Gasteiger partial charge in [0.15, 0.2) is 0 Å². The van der Waals surface area contributed by atoms with E-state index in [1.165, 1.54) is 0 Å². The summed E-state index contributed by atoms with van der Waals surface area (Å²) >= 11 is 0. The molecule has 1 aliphatic rings. The van der Waals surface area contributed by atoms with Gasteiger partial charge in [0.1, 0.15) is 0 Å². The van der Waals surface area contributed by atoms with Gasteiger partial charge < -0.3 is 19.9 Å². The molecule has 1 saturated heterocycles. The Morgan fingerprint density at radius 2 is 1.48 bits per heavy atom. The SMILES string of the molecule is O=C(O)CCCCCCC(=O)N1CCN(C(=O)Cc2c[nH]c3ccccc23)CC1. The number of carboxylic acids is 1. The first kappa shape index (κ1) is 20.9. The molecule has 0 atom stereocenters. The molecule has 7 nitrogen and oxygen atoms in total. The van der Waals surface area contributed by atoms with Gasteiger partial charge >= 0.3 is 5.97 Å². The Kier molecular flexibility index (Phi) is 7.27. The van der Waals surface area contributed by atoms with Gasteiger partial charge in [-0.25, -0.2) is 0 Å². The van der Waals surface area contributed by atoms with Crippen molar-refractivity contribution in [2.45, 2.75) is 44.9 Å². The van der Waals surface area contributed by atoms with Crippen LogP contribution in [-0.4, -0.2) is 63.9 Å². The molecule has 0 spiro atoms. The van der Waals surface area contributed by atoms with Crippen LogP contribution in [0.3, 0.4) is 0 Å². The highest BCUT2D eigenvalue weighted by atomic mass is 16.4. The summed E-state index contributed by atoms with van der Waals surface area (Å²) in [6.07, 6.45) is 6.14. The van der Waals surface area contributed by atoms with Gasteiger partial charge in [-0.15, -0.1) is 0 Å². The Morgan fingerprint density at radius 3 is 2.17 bits per heavy atom. The van der Waals surface area contributed by atoms with Gasteiger partial charge in [0.05, 0.1) is 6.42 Å². The Labute approximate surface area is 170 Å². The topological polar surface area (TPSA) is 93.7 Å². The van der Waals surface area contributed by atoms with Crippen molar-refractivity contribution in [3.63, 3.8) is 0 Å². The molecular formula is C22H29N3O4. The van der Waals surface area contributed by atoms with Gasteiger partial charge in [-0.3, -0.25) is 14.4 Å². The number of nitrogens with zero attached hydrogens (tertiary/aromatic N) is 2. The van der Waals surface area contributed by atoms with Gasteiger partial charge in [-0.1, -0.05) is 31.0 Å². The van der Waals surface area contributed by atoms with Crippen LogP contribution in [0.4, 0.5) is 0 Å². The van der Waals surface area contributed by atoms with E-state index in [9.17, 15) is 14.4 Å². The third kappa shape index (κ3) is 5.82. The minimum absolute atomic E-state index is 0.0975. The predicted octanol–water partition coefficient (Wildman–Crippen LogP) is 2.81. The first-order valence-corrected chi connectivity index (χ1v) is 10.4. The average molecular weight is 399 g/mol. The highest BCUT2D eigenvalue weighted by molar-refractivity contribution is 5.89. The molecule has 2 heterocycles. The van der Waals surface area contributed by atoms with Gasteiger partial charge in [0, 0.05) is 56.1 Å². The number of para-hydroxylation sites is 1. The molecular weight excluding hydrogens is 370 g/mol. The van der Waals surface area contributed by atoms with Crippen LogP contribution in [0.25, 0.3) is 10.9 Å². The summed E-state index contributed by atoms with van der Waals surface area (Å²) in [7, 11) is 0. The molecule has 1 fully saturated rings. The highest BCUT2D eigenvalue weighted by Crippen LogP contribution is 2.19. The van der Waals surface area contributed by atoms with Crippen molar-refractivity contribution in [2.75, 3.05) is 26.2 Å². The standard InChI is InChI=1S/C22H29N3O4/c26-20(9-3-1-2-4-10-22(28)29)24-11-13-25(14-12-24)21(27)15-17-16-23-19-8-6-5-7-18(17)19/h5-8,16,23H,1-4,9-15H2,(H,28,29). The monoisotopic (exact) mass is 399 g/mol. The summed E-state index contributed by atoms with van der Waals surface area (Å²) in [6, 6.07) is 7.96.